The minimum atomic E-state index is -0.354. The van der Waals surface area contributed by atoms with E-state index >= 15 is 0 Å². The zero-order valence-corrected chi connectivity index (χ0v) is 16.0. The molecule has 4 aromatic heterocycles. The number of pyridine rings is 1. The van der Waals surface area contributed by atoms with Crippen LogP contribution in [0.1, 0.15) is 23.2 Å². The molecule has 11 nitrogen and oxygen atoms in total. The van der Waals surface area contributed by atoms with Crippen molar-refractivity contribution in [1.82, 2.24) is 29.5 Å². The molecule has 152 valence electrons. The van der Waals surface area contributed by atoms with E-state index in [1.54, 1.807) is 36.0 Å². The van der Waals surface area contributed by atoms with E-state index in [1.807, 2.05) is 0 Å². The monoisotopic (exact) mass is 406 g/mol. The molecule has 1 aliphatic rings. The molecule has 11 heteroatoms. The number of aromatic nitrogens is 5. The van der Waals surface area contributed by atoms with E-state index in [-0.39, 0.29) is 29.2 Å². The van der Waals surface area contributed by atoms with Crippen LogP contribution in [0.25, 0.3) is 11.7 Å². The lowest BCUT2D eigenvalue weighted by molar-refractivity contribution is 0.0952. The molecule has 1 fully saturated rings. The maximum atomic E-state index is 12.8. The number of nitrogens with zero attached hydrogens (tertiary/aromatic N) is 5. The lowest BCUT2D eigenvalue weighted by Crippen LogP contribution is -2.25. The van der Waals surface area contributed by atoms with Crippen molar-refractivity contribution >= 4 is 28.9 Å². The van der Waals surface area contributed by atoms with Crippen molar-refractivity contribution in [3.8, 4) is 6.01 Å². The predicted octanol–water partition coefficient (Wildman–Crippen LogP) is 1.55. The minimum Gasteiger partial charge on any atom is -0.432 e. The molecule has 3 N–H and O–H groups in total. The van der Waals surface area contributed by atoms with Gasteiger partial charge in [-0.25, -0.2) is 14.5 Å². The van der Waals surface area contributed by atoms with Crippen LogP contribution in [-0.4, -0.2) is 43.1 Å². The SMILES string of the molecule is CNc1cc(Nc2cccn(-c3ncco3)c2=O)nc2c(C(=O)NC3CC3)cnn12. The quantitative estimate of drug-likeness (QED) is 0.439. The first-order chi connectivity index (χ1) is 14.6. The Hall–Kier alpha value is -4.15. The van der Waals surface area contributed by atoms with Gasteiger partial charge in [0.15, 0.2) is 5.65 Å². The first kappa shape index (κ1) is 17.9. The molecule has 0 aromatic carbocycles. The summed E-state index contributed by atoms with van der Waals surface area (Å²) in [5.74, 6) is 0.775. The van der Waals surface area contributed by atoms with Crippen LogP contribution in [0.15, 0.2) is 52.3 Å². The highest BCUT2D eigenvalue weighted by molar-refractivity contribution is 6.00. The zero-order valence-electron chi connectivity index (χ0n) is 16.0. The van der Waals surface area contributed by atoms with E-state index in [0.717, 1.165) is 12.8 Å². The Bertz CT molecular complexity index is 1290. The van der Waals surface area contributed by atoms with Gasteiger partial charge in [-0.05, 0) is 25.0 Å². The summed E-state index contributed by atoms with van der Waals surface area (Å²) in [4.78, 5) is 33.9. The van der Waals surface area contributed by atoms with Crippen LogP contribution in [0.2, 0.25) is 0 Å². The van der Waals surface area contributed by atoms with Gasteiger partial charge in [0, 0.05) is 25.4 Å². The van der Waals surface area contributed by atoms with Gasteiger partial charge >= 0.3 is 6.01 Å². The third-order valence-corrected chi connectivity index (χ3v) is 4.72. The second-order valence-corrected chi connectivity index (χ2v) is 6.85. The number of carbonyl (C=O) groups excluding carboxylic acids is 1. The molecule has 4 aromatic rings. The van der Waals surface area contributed by atoms with Crippen molar-refractivity contribution < 1.29 is 9.21 Å². The normalized spacial score (nSPS) is 13.4. The summed E-state index contributed by atoms with van der Waals surface area (Å²) in [6.07, 6.45) is 7.87. The number of carbonyl (C=O) groups is 1. The van der Waals surface area contributed by atoms with E-state index in [2.05, 4.69) is 31.0 Å². The lowest BCUT2D eigenvalue weighted by atomic mass is 10.3. The lowest BCUT2D eigenvalue weighted by Gasteiger charge is -2.11. The van der Waals surface area contributed by atoms with E-state index in [0.29, 0.717) is 22.8 Å². The van der Waals surface area contributed by atoms with E-state index < -0.39 is 0 Å². The molecule has 5 rings (SSSR count). The van der Waals surface area contributed by atoms with E-state index in [9.17, 15) is 9.59 Å². The largest absolute Gasteiger partial charge is 0.432 e. The average molecular weight is 406 g/mol. The number of nitrogens with one attached hydrogen (secondary N) is 3. The number of anilines is 3. The van der Waals surface area contributed by atoms with Crippen LogP contribution in [0.3, 0.4) is 0 Å². The van der Waals surface area contributed by atoms with Crippen molar-refractivity contribution in [2.24, 2.45) is 0 Å². The summed E-state index contributed by atoms with van der Waals surface area (Å²) in [7, 11) is 1.74. The topological polar surface area (TPSA) is 131 Å². The Kier molecular flexibility index (Phi) is 4.20. The fraction of sp³-hybridized carbons (Fsp3) is 0.211. The smallest absolute Gasteiger partial charge is 0.308 e. The summed E-state index contributed by atoms with van der Waals surface area (Å²) in [5.41, 5.74) is 0.671. The van der Waals surface area contributed by atoms with Gasteiger partial charge in [0.05, 0.1) is 12.4 Å². The molecule has 0 atom stereocenters. The number of oxazole rings is 1. The molecule has 0 saturated heterocycles. The molecule has 0 aliphatic heterocycles. The molecule has 0 spiro atoms. The Morgan fingerprint density at radius 3 is 2.93 bits per heavy atom. The highest BCUT2D eigenvalue weighted by Crippen LogP contribution is 2.23. The van der Waals surface area contributed by atoms with Crippen molar-refractivity contribution in [3.63, 3.8) is 0 Å². The van der Waals surface area contributed by atoms with Gasteiger partial charge in [-0.1, -0.05) is 0 Å². The third-order valence-electron chi connectivity index (χ3n) is 4.72. The molecular weight excluding hydrogens is 388 g/mol. The molecule has 4 heterocycles. The number of hydrogen-bond acceptors (Lipinski definition) is 8. The van der Waals surface area contributed by atoms with Crippen molar-refractivity contribution in [3.05, 3.63) is 59.0 Å². The number of hydrogen-bond donors (Lipinski definition) is 3. The van der Waals surface area contributed by atoms with Crippen LogP contribution in [0.4, 0.5) is 17.3 Å². The highest BCUT2D eigenvalue weighted by atomic mass is 16.4. The Balaban J connectivity index is 1.54. The van der Waals surface area contributed by atoms with Crippen LogP contribution in [0.5, 0.6) is 0 Å². The van der Waals surface area contributed by atoms with Crippen molar-refractivity contribution in [1.29, 1.82) is 0 Å². The van der Waals surface area contributed by atoms with Gasteiger partial charge in [-0.2, -0.15) is 9.61 Å². The maximum Gasteiger partial charge on any atom is 0.308 e. The van der Waals surface area contributed by atoms with E-state index in [4.69, 9.17) is 4.42 Å². The van der Waals surface area contributed by atoms with Gasteiger partial charge in [0.2, 0.25) is 0 Å². The molecule has 0 bridgehead atoms. The molecule has 0 unspecified atom stereocenters. The summed E-state index contributed by atoms with van der Waals surface area (Å²) in [5, 5.41) is 13.3. The van der Waals surface area contributed by atoms with Crippen LogP contribution >= 0.6 is 0 Å². The summed E-state index contributed by atoms with van der Waals surface area (Å²) in [6, 6.07) is 5.40. The minimum absolute atomic E-state index is 0.165. The van der Waals surface area contributed by atoms with Crippen LogP contribution < -0.4 is 21.5 Å². The Labute approximate surface area is 169 Å². The second-order valence-electron chi connectivity index (χ2n) is 6.85. The van der Waals surface area contributed by atoms with Crippen LogP contribution in [0, 0.1) is 0 Å². The highest BCUT2D eigenvalue weighted by Gasteiger charge is 2.26. The molecule has 0 radical (unpaired) electrons. The van der Waals surface area contributed by atoms with Gasteiger partial charge in [-0.3, -0.25) is 9.59 Å². The molecule has 30 heavy (non-hydrogen) atoms. The van der Waals surface area contributed by atoms with Gasteiger partial charge < -0.3 is 20.4 Å². The fourth-order valence-electron chi connectivity index (χ4n) is 3.07. The number of amides is 1. The standard InChI is InChI=1S/C19H18N8O3/c1-20-15-9-14(24-13-3-2-7-26(18(13)29)19-21-6-8-30-19)25-16-12(10-22-27(15)16)17(28)23-11-4-5-11/h2-3,6-11,20H,4-5H2,1H3,(H,23,28)(H,24,25). The molecular formula is C19H18N8O3. The first-order valence-corrected chi connectivity index (χ1v) is 9.40. The van der Waals surface area contributed by atoms with Crippen molar-refractivity contribution in [2.45, 2.75) is 18.9 Å². The van der Waals surface area contributed by atoms with Gasteiger partial charge in [0.25, 0.3) is 11.5 Å². The summed E-state index contributed by atoms with van der Waals surface area (Å²) < 4.78 is 8.04. The average Bonchev–Trinajstić information content (AvgIpc) is 3.22. The first-order valence-electron chi connectivity index (χ1n) is 9.40. The molecule has 1 amide bonds. The second kappa shape index (κ2) is 7.03. The van der Waals surface area contributed by atoms with Gasteiger partial charge in [-0.15, -0.1) is 0 Å². The van der Waals surface area contributed by atoms with Crippen LogP contribution in [-0.2, 0) is 0 Å². The fourth-order valence-corrected chi connectivity index (χ4v) is 3.07. The number of rotatable bonds is 6. The Morgan fingerprint density at radius 1 is 1.33 bits per heavy atom. The molecule has 1 saturated carbocycles. The Morgan fingerprint density at radius 2 is 2.20 bits per heavy atom. The zero-order chi connectivity index (χ0) is 20.7. The summed E-state index contributed by atoms with van der Waals surface area (Å²) >= 11 is 0. The van der Waals surface area contributed by atoms with E-state index in [1.165, 1.54) is 23.2 Å². The third kappa shape index (κ3) is 3.15. The van der Waals surface area contributed by atoms with Crippen molar-refractivity contribution in [2.75, 3.05) is 17.7 Å². The maximum absolute atomic E-state index is 12.8. The predicted molar refractivity (Wildman–Crippen MR) is 108 cm³/mol. The van der Waals surface area contributed by atoms with Gasteiger partial charge in [0.1, 0.15) is 29.1 Å². The molecule has 1 aliphatic carbocycles. The summed E-state index contributed by atoms with van der Waals surface area (Å²) in [6.45, 7) is 0. The number of fused-ring (bicyclic) bond motifs is 1.